The number of nitrogens with one attached hydrogen (secondary N) is 1. The lowest BCUT2D eigenvalue weighted by Crippen LogP contribution is -2.51. The van der Waals surface area contributed by atoms with Crippen molar-refractivity contribution in [2.24, 2.45) is 0 Å². The Morgan fingerprint density at radius 3 is 2.48 bits per heavy atom. The van der Waals surface area contributed by atoms with Gasteiger partial charge in [0.05, 0.1) is 24.3 Å². The van der Waals surface area contributed by atoms with E-state index in [-0.39, 0.29) is 11.8 Å². The maximum absolute atomic E-state index is 12.9. The third-order valence-electron chi connectivity index (χ3n) is 5.31. The molecule has 2 aromatic rings. The van der Waals surface area contributed by atoms with Crippen molar-refractivity contribution < 1.29 is 9.59 Å². The average Bonchev–Trinajstić information content (AvgIpc) is 3.01. The minimum absolute atomic E-state index is 0.00995. The number of hydrogen-bond acceptors (Lipinski definition) is 4. The minimum atomic E-state index is -0.00995. The van der Waals surface area contributed by atoms with Gasteiger partial charge in [-0.1, -0.05) is 24.3 Å². The molecule has 1 aliphatic heterocycles. The van der Waals surface area contributed by atoms with E-state index in [9.17, 15) is 9.59 Å². The molecule has 154 valence electrons. The van der Waals surface area contributed by atoms with Crippen LogP contribution in [-0.2, 0) is 16.0 Å². The Morgan fingerprint density at radius 1 is 1.14 bits per heavy atom. The van der Waals surface area contributed by atoms with Crippen LogP contribution in [0.3, 0.4) is 0 Å². The number of benzene rings is 1. The van der Waals surface area contributed by atoms with Gasteiger partial charge in [0.25, 0.3) is 0 Å². The first-order chi connectivity index (χ1) is 14.0. The highest BCUT2D eigenvalue weighted by Gasteiger charge is 2.24. The second-order valence-corrected chi connectivity index (χ2v) is 7.32. The summed E-state index contributed by atoms with van der Waals surface area (Å²) in [6.07, 6.45) is 2.02. The van der Waals surface area contributed by atoms with Crippen molar-refractivity contribution in [2.45, 2.75) is 20.3 Å². The van der Waals surface area contributed by atoms with Crippen LogP contribution < -0.4 is 5.32 Å². The predicted molar refractivity (Wildman–Crippen MR) is 113 cm³/mol. The lowest BCUT2D eigenvalue weighted by atomic mass is 10.1. The number of carbonyl (C=O) groups excluding carboxylic acids is 2. The number of nitrogens with zero attached hydrogens (tertiary/aromatic N) is 4. The van der Waals surface area contributed by atoms with Gasteiger partial charge in [-0.05, 0) is 26.0 Å². The summed E-state index contributed by atoms with van der Waals surface area (Å²) in [7, 11) is 0. The lowest BCUT2D eigenvalue weighted by Gasteiger charge is -2.34. The van der Waals surface area contributed by atoms with E-state index >= 15 is 0 Å². The van der Waals surface area contributed by atoms with Crippen molar-refractivity contribution in [2.75, 3.05) is 39.3 Å². The fraction of sp³-hybridized carbons (Fsp3) is 0.409. The fourth-order valence-corrected chi connectivity index (χ4v) is 3.61. The summed E-state index contributed by atoms with van der Waals surface area (Å²) < 4.78 is 1.90. The number of aromatic nitrogens is 2. The van der Waals surface area contributed by atoms with Crippen LogP contribution in [0.5, 0.6) is 0 Å². The fourth-order valence-electron chi connectivity index (χ4n) is 3.61. The molecule has 1 saturated heterocycles. The van der Waals surface area contributed by atoms with Crippen LogP contribution in [0.4, 0.5) is 0 Å². The van der Waals surface area contributed by atoms with E-state index in [1.54, 1.807) is 6.08 Å². The normalized spacial score (nSPS) is 14.6. The predicted octanol–water partition coefficient (Wildman–Crippen LogP) is 1.48. The third kappa shape index (κ3) is 5.12. The van der Waals surface area contributed by atoms with Crippen molar-refractivity contribution >= 4 is 11.8 Å². The number of amides is 2. The zero-order valence-electron chi connectivity index (χ0n) is 17.2. The van der Waals surface area contributed by atoms with Crippen molar-refractivity contribution in [1.82, 2.24) is 24.9 Å². The Kier molecular flexibility index (Phi) is 6.82. The first-order valence-corrected chi connectivity index (χ1v) is 9.98. The molecule has 1 fully saturated rings. The highest BCUT2D eigenvalue weighted by Crippen LogP contribution is 2.19. The molecular weight excluding hydrogens is 366 g/mol. The molecule has 0 spiro atoms. The van der Waals surface area contributed by atoms with Gasteiger partial charge in [0.15, 0.2) is 0 Å². The smallest absolute Gasteiger partial charge is 0.234 e. The lowest BCUT2D eigenvalue weighted by molar-refractivity contribution is -0.132. The summed E-state index contributed by atoms with van der Waals surface area (Å²) in [6, 6.07) is 9.95. The van der Waals surface area contributed by atoms with Crippen molar-refractivity contribution in [3.8, 4) is 5.69 Å². The number of piperazine rings is 1. The molecule has 7 heteroatoms. The molecule has 1 aromatic heterocycles. The zero-order valence-corrected chi connectivity index (χ0v) is 17.2. The van der Waals surface area contributed by atoms with Gasteiger partial charge < -0.3 is 10.2 Å². The number of hydrogen-bond donors (Lipinski definition) is 1. The maximum atomic E-state index is 12.9. The Balaban J connectivity index is 1.57. The summed E-state index contributed by atoms with van der Waals surface area (Å²) in [5, 5.41) is 7.42. The van der Waals surface area contributed by atoms with Gasteiger partial charge in [-0.15, -0.1) is 6.58 Å². The molecule has 1 aromatic carbocycles. The first kappa shape index (κ1) is 20.8. The summed E-state index contributed by atoms with van der Waals surface area (Å²) >= 11 is 0. The van der Waals surface area contributed by atoms with Crippen LogP contribution in [0, 0.1) is 13.8 Å². The topological polar surface area (TPSA) is 70.5 Å². The summed E-state index contributed by atoms with van der Waals surface area (Å²) in [5.41, 5.74) is 3.87. The summed E-state index contributed by atoms with van der Waals surface area (Å²) in [4.78, 5) is 28.7. The van der Waals surface area contributed by atoms with Gasteiger partial charge in [0.2, 0.25) is 11.8 Å². The molecule has 0 unspecified atom stereocenters. The number of aryl methyl sites for hydroxylation is 1. The van der Waals surface area contributed by atoms with Gasteiger partial charge in [-0.2, -0.15) is 5.10 Å². The van der Waals surface area contributed by atoms with E-state index < -0.39 is 0 Å². The SMILES string of the molecule is C=CCNC(=O)CN1CCN(C(=O)Cc2c(C)nn(-c3ccccc3)c2C)CC1. The van der Waals surface area contributed by atoms with Crippen LogP contribution in [0.15, 0.2) is 43.0 Å². The van der Waals surface area contributed by atoms with Crippen molar-refractivity contribution in [3.63, 3.8) is 0 Å². The maximum Gasteiger partial charge on any atom is 0.234 e. The minimum Gasteiger partial charge on any atom is -0.352 e. The highest BCUT2D eigenvalue weighted by molar-refractivity contribution is 5.80. The average molecular weight is 396 g/mol. The molecule has 2 amide bonds. The van der Waals surface area contributed by atoms with E-state index in [1.807, 2.05) is 53.8 Å². The van der Waals surface area contributed by atoms with Crippen LogP contribution >= 0.6 is 0 Å². The Bertz CT molecular complexity index is 867. The number of carbonyl (C=O) groups is 2. The number of para-hydroxylation sites is 1. The van der Waals surface area contributed by atoms with Gasteiger partial charge in [0.1, 0.15) is 0 Å². The summed E-state index contributed by atoms with van der Waals surface area (Å²) in [6.45, 7) is 11.1. The van der Waals surface area contributed by atoms with Crippen LogP contribution in [0.25, 0.3) is 5.69 Å². The molecule has 7 nitrogen and oxygen atoms in total. The van der Waals surface area contributed by atoms with Crippen molar-refractivity contribution in [3.05, 3.63) is 59.9 Å². The first-order valence-electron chi connectivity index (χ1n) is 9.98. The third-order valence-corrected chi connectivity index (χ3v) is 5.31. The summed E-state index contributed by atoms with van der Waals surface area (Å²) in [5.74, 6) is 0.101. The second-order valence-electron chi connectivity index (χ2n) is 7.32. The van der Waals surface area contributed by atoms with E-state index in [2.05, 4.69) is 21.9 Å². The van der Waals surface area contributed by atoms with E-state index in [4.69, 9.17) is 0 Å². The second kappa shape index (κ2) is 9.52. The van der Waals surface area contributed by atoms with E-state index in [0.717, 1.165) is 22.6 Å². The van der Waals surface area contributed by atoms with E-state index in [1.165, 1.54) is 0 Å². The molecule has 0 atom stereocenters. The quantitative estimate of drug-likeness (QED) is 0.721. The zero-order chi connectivity index (χ0) is 20.8. The van der Waals surface area contributed by atoms with Gasteiger partial charge in [-0.3, -0.25) is 14.5 Å². The molecule has 3 rings (SSSR count). The number of rotatable bonds is 7. The molecular formula is C22H29N5O2. The largest absolute Gasteiger partial charge is 0.352 e. The molecule has 0 bridgehead atoms. The Hall–Kier alpha value is -2.93. The Labute approximate surface area is 172 Å². The molecule has 0 aliphatic carbocycles. The highest BCUT2D eigenvalue weighted by atomic mass is 16.2. The van der Waals surface area contributed by atoms with Crippen LogP contribution in [0.1, 0.15) is 17.0 Å². The molecule has 29 heavy (non-hydrogen) atoms. The van der Waals surface area contributed by atoms with Gasteiger partial charge >= 0.3 is 0 Å². The molecule has 0 radical (unpaired) electrons. The van der Waals surface area contributed by atoms with Gasteiger partial charge in [0, 0.05) is 44.0 Å². The Morgan fingerprint density at radius 2 is 1.83 bits per heavy atom. The molecule has 2 heterocycles. The molecule has 1 N–H and O–H groups in total. The molecule has 1 aliphatic rings. The van der Waals surface area contributed by atoms with Crippen LogP contribution in [-0.4, -0.2) is 70.7 Å². The van der Waals surface area contributed by atoms with E-state index in [0.29, 0.717) is 45.7 Å². The standard InChI is InChI=1S/C22H29N5O2/c1-4-10-23-21(28)16-25-11-13-26(14-12-25)22(29)15-20-17(2)24-27(18(20)3)19-8-6-5-7-9-19/h4-9H,1,10-16H2,2-3H3,(H,23,28). The van der Waals surface area contributed by atoms with Crippen LogP contribution in [0.2, 0.25) is 0 Å². The van der Waals surface area contributed by atoms with Crippen molar-refractivity contribution in [1.29, 1.82) is 0 Å². The molecule has 0 saturated carbocycles. The van der Waals surface area contributed by atoms with Gasteiger partial charge in [-0.25, -0.2) is 4.68 Å². The monoisotopic (exact) mass is 395 g/mol.